The van der Waals surface area contributed by atoms with Crippen LogP contribution in [0, 0.1) is 0 Å². The van der Waals surface area contributed by atoms with Crippen LogP contribution in [0.3, 0.4) is 0 Å². The molecule has 0 aliphatic heterocycles. The molecule has 0 aliphatic carbocycles. The Labute approximate surface area is 128 Å². The maximum Gasteiger partial charge on any atom is 0.124 e. The van der Waals surface area contributed by atoms with E-state index in [-0.39, 0.29) is 6.04 Å². The van der Waals surface area contributed by atoms with Gasteiger partial charge in [-0.2, -0.15) is 0 Å². The van der Waals surface area contributed by atoms with Gasteiger partial charge >= 0.3 is 0 Å². The van der Waals surface area contributed by atoms with Crippen LogP contribution in [0.4, 0.5) is 0 Å². The molecule has 18 heavy (non-hydrogen) atoms. The Balaban J connectivity index is 2.44. The van der Waals surface area contributed by atoms with Crippen molar-refractivity contribution in [3.05, 3.63) is 48.5 Å². The Morgan fingerprint density at radius 1 is 1.33 bits per heavy atom. The van der Waals surface area contributed by atoms with Crippen molar-refractivity contribution in [1.82, 2.24) is 0 Å². The lowest BCUT2D eigenvalue weighted by Crippen LogP contribution is -2.11. The van der Waals surface area contributed by atoms with Crippen LogP contribution in [0.25, 0.3) is 0 Å². The van der Waals surface area contributed by atoms with E-state index in [0.29, 0.717) is 15.8 Å². The zero-order chi connectivity index (χ0) is 13.3. The first kappa shape index (κ1) is 14.2. The average molecular weight is 367 g/mol. The molecule has 1 heterocycles. The first-order valence-corrected chi connectivity index (χ1v) is 7.43. The van der Waals surface area contributed by atoms with Crippen molar-refractivity contribution in [3.63, 3.8) is 0 Å². The fraction of sp³-hybridized carbons (Fsp3) is 0.167. The second-order valence-electron chi connectivity index (χ2n) is 3.63. The summed E-state index contributed by atoms with van der Waals surface area (Å²) >= 11 is 16.9. The number of nitrogens with two attached hydrogens (primary N) is 1. The summed E-state index contributed by atoms with van der Waals surface area (Å²) in [6.07, 6.45) is 0. The molecule has 6 heteroatoms. The quantitative estimate of drug-likeness (QED) is 0.840. The molecule has 0 bridgehead atoms. The van der Waals surface area contributed by atoms with Gasteiger partial charge in [0.25, 0.3) is 0 Å². The Kier molecular flexibility index (Phi) is 4.56. The Morgan fingerprint density at radius 3 is 2.61 bits per heavy atom. The molecule has 96 valence electrons. The highest BCUT2D eigenvalue weighted by atomic mass is 79.9. The molecule has 2 aromatic rings. The van der Waals surface area contributed by atoms with E-state index in [1.807, 2.05) is 18.2 Å². The predicted molar refractivity (Wildman–Crippen MR) is 81.1 cm³/mol. The van der Waals surface area contributed by atoms with Gasteiger partial charge in [0.1, 0.15) is 5.75 Å². The van der Waals surface area contributed by atoms with Crippen molar-refractivity contribution < 1.29 is 4.74 Å². The number of hydrogen-bond donors (Lipinski definition) is 1. The van der Waals surface area contributed by atoms with E-state index in [0.717, 1.165) is 14.2 Å². The Morgan fingerprint density at radius 2 is 2.06 bits per heavy atom. The van der Waals surface area contributed by atoms with Gasteiger partial charge in [0, 0.05) is 15.5 Å². The topological polar surface area (TPSA) is 35.2 Å². The summed E-state index contributed by atoms with van der Waals surface area (Å²) in [6, 6.07) is 6.93. The van der Waals surface area contributed by atoms with Crippen LogP contribution in [0.2, 0.25) is 10.0 Å². The van der Waals surface area contributed by atoms with E-state index in [1.54, 1.807) is 13.2 Å². The molecule has 0 radical (unpaired) electrons. The molecule has 1 atom stereocenters. The highest BCUT2D eigenvalue weighted by molar-refractivity contribution is 9.11. The second kappa shape index (κ2) is 5.80. The Hall–Kier alpha value is -0.260. The van der Waals surface area contributed by atoms with Gasteiger partial charge in [-0.15, -0.1) is 11.3 Å². The molecule has 0 saturated carbocycles. The van der Waals surface area contributed by atoms with Gasteiger partial charge in [-0.05, 0) is 40.2 Å². The summed E-state index contributed by atoms with van der Waals surface area (Å²) in [4.78, 5) is 0.951. The maximum atomic E-state index is 6.24. The summed E-state index contributed by atoms with van der Waals surface area (Å²) in [5.41, 5.74) is 7.08. The SMILES string of the molecule is COc1ccc(Cl)cc1C(N)c1cc(Cl)c(Br)s1. The zero-order valence-corrected chi connectivity index (χ0v) is 13.3. The number of ether oxygens (including phenoxy) is 1. The van der Waals surface area contributed by atoms with Crippen LogP contribution in [0.5, 0.6) is 5.75 Å². The lowest BCUT2D eigenvalue weighted by molar-refractivity contribution is 0.408. The highest BCUT2D eigenvalue weighted by Gasteiger charge is 2.18. The summed E-state index contributed by atoms with van der Waals surface area (Å²) < 4.78 is 6.17. The number of rotatable bonds is 3. The molecule has 1 aromatic carbocycles. The second-order valence-corrected chi connectivity index (χ2v) is 6.88. The molecular formula is C12H10BrCl2NOS. The van der Waals surface area contributed by atoms with Gasteiger partial charge in [0.15, 0.2) is 0 Å². The molecule has 0 aliphatic rings. The summed E-state index contributed by atoms with van der Waals surface area (Å²) in [6.45, 7) is 0. The van der Waals surface area contributed by atoms with Crippen LogP contribution in [-0.2, 0) is 0 Å². The minimum absolute atomic E-state index is 0.313. The summed E-state index contributed by atoms with van der Waals surface area (Å²) in [5, 5.41) is 1.29. The lowest BCUT2D eigenvalue weighted by Gasteiger charge is -2.14. The number of hydrogen-bond acceptors (Lipinski definition) is 3. The van der Waals surface area contributed by atoms with Crippen molar-refractivity contribution in [2.45, 2.75) is 6.04 Å². The van der Waals surface area contributed by atoms with Crippen molar-refractivity contribution in [3.8, 4) is 5.75 Å². The standard InChI is InChI=1S/C12H10BrCl2NOS/c1-17-9-3-2-6(14)4-7(9)11(16)10-5-8(15)12(13)18-10/h2-5,11H,16H2,1H3. The monoisotopic (exact) mass is 365 g/mol. The van der Waals surface area contributed by atoms with Crippen molar-refractivity contribution in [2.24, 2.45) is 5.73 Å². The number of benzene rings is 1. The van der Waals surface area contributed by atoms with E-state index in [2.05, 4.69) is 15.9 Å². The lowest BCUT2D eigenvalue weighted by atomic mass is 10.1. The van der Waals surface area contributed by atoms with E-state index in [9.17, 15) is 0 Å². The van der Waals surface area contributed by atoms with Gasteiger partial charge < -0.3 is 10.5 Å². The van der Waals surface area contributed by atoms with Crippen LogP contribution < -0.4 is 10.5 Å². The van der Waals surface area contributed by atoms with Gasteiger partial charge in [0.2, 0.25) is 0 Å². The van der Waals surface area contributed by atoms with E-state index in [4.69, 9.17) is 33.7 Å². The van der Waals surface area contributed by atoms with E-state index < -0.39 is 0 Å². The first-order chi connectivity index (χ1) is 8.52. The molecule has 1 aromatic heterocycles. The minimum atomic E-state index is -0.313. The molecule has 2 nitrogen and oxygen atoms in total. The molecule has 0 saturated heterocycles. The molecule has 0 fully saturated rings. The van der Waals surface area contributed by atoms with Crippen LogP contribution in [0.15, 0.2) is 28.1 Å². The molecule has 2 N–H and O–H groups in total. The average Bonchev–Trinajstić information content (AvgIpc) is 2.68. The van der Waals surface area contributed by atoms with E-state index >= 15 is 0 Å². The minimum Gasteiger partial charge on any atom is -0.496 e. The Bertz CT molecular complexity index is 554. The summed E-state index contributed by atoms with van der Waals surface area (Å²) in [5.74, 6) is 0.715. The third-order valence-electron chi connectivity index (χ3n) is 2.50. The molecule has 0 spiro atoms. The van der Waals surface area contributed by atoms with Gasteiger partial charge in [-0.1, -0.05) is 23.2 Å². The number of methoxy groups -OCH3 is 1. The zero-order valence-electron chi connectivity index (χ0n) is 9.41. The first-order valence-electron chi connectivity index (χ1n) is 5.06. The smallest absolute Gasteiger partial charge is 0.124 e. The third-order valence-corrected chi connectivity index (χ3v) is 5.29. The number of halogens is 3. The normalized spacial score (nSPS) is 12.5. The van der Waals surface area contributed by atoms with Crippen LogP contribution in [-0.4, -0.2) is 7.11 Å². The molecular weight excluding hydrogens is 357 g/mol. The van der Waals surface area contributed by atoms with E-state index in [1.165, 1.54) is 11.3 Å². The van der Waals surface area contributed by atoms with Gasteiger partial charge in [-0.3, -0.25) is 0 Å². The fourth-order valence-electron chi connectivity index (χ4n) is 1.62. The van der Waals surface area contributed by atoms with Gasteiger partial charge in [0.05, 0.1) is 22.0 Å². The van der Waals surface area contributed by atoms with Crippen LogP contribution in [0.1, 0.15) is 16.5 Å². The third kappa shape index (κ3) is 2.83. The predicted octanol–water partition coefficient (Wildman–Crippen LogP) is 4.87. The highest BCUT2D eigenvalue weighted by Crippen LogP contribution is 2.39. The number of thiophene rings is 1. The molecule has 0 amide bonds. The van der Waals surface area contributed by atoms with Crippen molar-refractivity contribution >= 4 is 50.5 Å². The fourth-order valence-corrected chi connectivity index (χ4v) is 3.57. The van der Waals surface area contributed by atoms with Crippen molar-refractivity contribution in [2.75, 3.05) is 7.11 Å². The summed E-state index contributed by atoms with van der Waals surface area (Å²) in [7, 11) is 1.61. The largest absolute Gasteiger partial charge is 0.496 e. The van der Waals surface area contributed by atoms with Crippen LogP contribution >= 0.6 is 50.5 Å². The maximum absolute atomic E-state index is 6.24. The molecule has 1 unspecified atom stereocenters. The van der Waals surface area contributed by atoms with Gasteiger partial charge in [-0.25, -0.2) is 0 Å². The van der Waals surface area contributed by atoms with Crippen molar-refractivity contribution in [1.29, 1.82) is 0 Å². The molecule has 2 rings (SSSR count).